The Kier molecular flexibility index (Phi) is 5.93. The average molecular weight is 420 g/mol. The lowest BCUT2D eigenvalue weighted by Crippen LogP contribution is -2.03. The lowest BCUT2D eigenvalue weighted by Gasteiger charge is -2.07. The summed E-state index contributed by atoms with van der Waals surface area (Å²) in [6, 6.07) is 30.0. The van der Waals surface area contributed by atoms with Crippen molar-refractivity contribution in [3.05, 3.63) is 90.5 Å². The van der Waals surface area contributed by atoms with Crippen LogP contribution in [0.4, 0.5) is 0 Å². The molecule has 0 atom stereocenters. The molecule has 4 rings (SSSR count). The first-order chi connectivity index (χ1) is 14.2. The number of thiophene rings is 1. The number of benzene rings is 3. The summed E-state index contributed by atoms with van der Waals surface area (Å²) in [5, 5.41) is 0. The van der Waals surface area contributed by atoms with Gasteiger partial charge in [0.25, 0.3) is 0 Å². The summed E-state index contributed by atoms with van der Waals surface area (Å²) in [6.07, 6.45) is 0. The highest BCUT2D eigenvalue weighted by molar-refractivity contribution is 7.99. The van der Waals surface area contributed by atoms with Gasteiger partial charge in [-0.1, -0.05) is 41.2 Å². The number of rotatable bonds is 6. The van der Waals surface area contributed by atoms with Gasteiger partial charge in [-0.2, -0.15) is 0 Å². The maximum Gasteiger partial charge on any atom is 0.220 e. The van der Waals surface area contributed by atoms with E-state index in [-0.39, 0.29) is 10.9 Å². The van der Waals surface area contributed by atoms with Gasteiger partial charge in [0.2, 0.25) is 4.21 Å². The van der Waals surface area contributed by atoms with E-state index in [1.165, 1.54) is 30.0 Å². The van der Waals surface area contributed by atoms with Crippen molar-refractivity contribution in [3.63, 3.8) is 0 Å². The molecular formula is C25H23O2S2+. The molecule has 4 aromatic rings. The van der Waals surface area contributed by atoms with Crippen LogP contribution in [0.3, 0.4) is 0 Å². The van der Waals surface area contributed by atoms with Crippen molar-refractivity contribution < 1.29 is 9.47 Å². The summed E-state index contributed by atoms with van der Waals surface area (Å²) < 4.78 is 12.0. The molecule has 0 N–H and O–H groups in total. The second-order valence-corrected chi connectivity index (χ2v) is 9.98. The third kappa shape index (κ3) is 4.34. The number of ether oxygens (including phenoxy) is 2. The Bertz CT molecular complexity index is 1020. The van der Waals surface area contributed by atoms with E-state index >= 15 is 0 Å². The van der Waals surface area contributed by atoms with Crippen LogP contribution in [-0.4, -0.2) is 14.2 Å². The van der Waals surface area contributed by atoms with Crippen LogP contribution in [0.5, 0.6) is 11.5 Å². The topological polar surface area (TPSA) is 18.5 Å². The first-order valence-electron chi connectivity index (χ1n) is 9.37. The van der Waals surface area contributed by atoms with Gasteiger partial charge in [0, 0.05) is 10.9 Å². The molecule has 0 aliphatic rings. The molecule has 2 nitrogen and oxygen atoms in total. The van der Waals surface area contributed by atoms with Crippen LogP contribution in [0.2, 0.25) is 0 Å². The molecule has 0 bridgehead atoms. The number of hydrogen-bond acceptors (Lipinski definition) is 3. The van der Waals surface area contributed by atoms with E-state index in [1.54, 1.807) is 14.2 Å². The van der Waals surface area contributed by atoms with E-state index in [9.17, 15) is 0 Å². The van der Waals surface area contributed by atoms with Gasteiger partial charge in [-0.25, -0.2) is 0 Å². The number of aryl methyl sites for hydroxylation is 1. The fourth-order valence-electron chi connectivity index (χ4n) is 3.09. The normalized spacial score (nSPS) is 10.9. The van der Waals surface area contributed by atoms with E-state index < -0.39 is 0 Å². The van der Waals surface area contributed by atoms with Crippen molar-refractivity contribution in [3.8, 4) is 21.9 Å². The molecule has 4 heteroatoms. The lowest BCUT2D eigenvalue weighted by atomic mass is 10.1. The quantitative estimate of drug-likeness (QED) is 0.319. The zero-order valence-electron chi connectivity index (χ0n) is 16.7. The van der Waals surface area contributed by atoms with Crippen LogP contribution in [0, 0.1) is 6.92 Å². The number of hydrogen-bond donors (Lipinski definition) is 0. The van der Waals surface area contributed by atoms with Gasteiger partial charge >= 0.3 is 0 Å². The van der Waals surface area contributed by atoms with Crippen molar-refractivity contribution in [1.82, 2.24) is 0 Å². The molecule has 29 heavy (non-hydrogen) atoms. The minimum atomic E-state index is -0.185. The summed E-state index contributed by atoms with van der Waals surface area (Å²) in [5.74, 6) is 1.75. The van der Waals surface area contributed by atoms with Crippen molar-refractivity contribution in [1.29, 1.82) is 0 Å². The number of methoxy groups -OCH3 is 2. The summed E-state index contributed by atoms with van der Waals surface area (Å²) in [7, 11) is 3.21. The van der Waals surface area contributed by atoms with Crippen molar-refractivity contribution in [2.24, 2.45) is 0 Å². The Morgan fingerprint density at radius 1 is 0.621 bits per heavy atom. The molecule has 146 valence electrons. The van der Waals surface area contributed by atoms with Gasteiger partial charge in [0.05, 0.1) is 14.2 Å². The minimum absolute atomic E-state index is 0.185. The van der Waals surface area contributed by atoms with Gasteiger partial charge in [-0.05, 0) is 67.1 Å². The average Bonchev–Trinajstić information content (AvgIpc) is 3.25. The standard InChI is InChI=1S/C25H23O2S2/c1-18-4-6-19(7-5-18)24-16-17-25(28-24)29(22-12-8-20(26-2)9-13-22)23-14-10-21(27-3)11-15-23/h4-17H,1-3H3/q+1. The molecular weight excluding hydrogens is 396 g/mol. The SMILES string of the molecule is COc1ccc([S+](c2ccc(OC)cc2)c2ccc(-c3ccc(C)cc3)s2)cc1. The van der Waals surface area contributed by atoms with Crippen LogP contribution in [0.1, 0.15) is 5.56 Å². The predicted octanol–water partition coefficient (Wildman–Crippen LogP) is 6.84. The summed E-state index contributed by atoms with van der Waals surface area (Å²) >= 11 is 1.86. The molecule has 0 amide bonds. The van der Waals surface area contributed by atoms with Gasteiger partial charge in [-0.3, -0.25) is 0 Å². The Labute approximate surface area is 179 Å². The van der Waals surface area contributed by atoms with E-state index in [0.717, 1.165) is 11.5 Å². The summed E-state index contributed by atoms with van der Waals surface area (Å²) in [6.45, 7) is 2.12. The van der Waals surface area contributed by atoms with Crippen LogP contribution < -0.4 is 9.47 Å². The fraction of sp³-hybridized carbons (Fsp3) is 0.120. The lowest BCUT2D eigenvalue weighted by molar-refractivity contribution is 0.414. The fourth-order valence-corrected chi connectivity index (χ4v) is 6.78. The maximum atomic E-state index is 5.35. The summed E-state index contributed by atoms with van der Waals surface area (Å²) in [5.41, 5.74) is 2.54. The molecule has 0 aliphatic heterocycles. The van der Waals surface area contributed by atoms with Crippen molar-refractivity contribution >= 4 is 22.2 Å². The van der Waals surface area contributed by atoms with E-state index in [0.29, 0.717) is 0 Å². The maximum absolute atomic E-state index is 5.35. The zero-order chi connectivity index (χ0) is 20.2. The van der Waals surface area contributed by atoms with E-state index in [4.69, 9.17) is 9.47 Å². The van der Waals surface area contributed by atoms with Crippen molar-refractivity contribution in [2.45, 2.75) is 20.9 Å². The minimum Gasteiger partial charge on any atom is -0.497 e. The van der Waals surface area contributed by atoms with Crippen LogP contribution in [0.15, 0.2) is 98.9 Å². The molecule has 0 saturated carbocycles. The van der Waals surface area contributed by atoms with Crippen LogP contribution in [0.25, 0.3) is 10.4 Å². The molecule has 1 heterocycles. The Hall–Kier alpha value is -2.69. The Balaban J connectivity index is 1.76. The van der Waals surface area contributed by atoms with Crippen molar-refractivity contribution in [2.75, 3.05) is 14.2 Å². The smallest absolute Gasteiger partial charge is 0.220 e. The predicted molar refractivity (Wildman–Crippen MR) is 123 cm³/mol. The third-order valence-corrected chi connectivity index (χ3v) is 8.41. The van der Waals surface area contributed by atoms with Gasteiger partial charge in [0.15, 0.2) is 9.79 Å². The molecule has 0 saturated heterocycles. The molecule has 3 aromatic carbocycles. The largest absolute Gasteiger partial charge is 0.497 e. The zero-order valence-corrected chi connectivity index (χ0v) is 18.3. The molecule has 0 radical (unpaired) electrons. The monoisotopic (exact) mass is 419 g/mol. The van der Waals surface area contributed by atoms with Crippen LogP contribution in [-0.2, 0) is 10.9 Å². The molecule has 0 spiro atoms. The second kappa shape index (κ2) is 8.76. The Morgan fingerprint density at radius 2 is 1.14 bits per heavy atom. The molecule has 0 fully saturated rings. The van der Waals surface area contributed by atoms with Gasteiger partial charge in [-0.15, -0.1) is 0 Å². The first-order valence-corrected chi connectivity index (χ1v) is 11.4. The molecule has 1 aromatic heterocycles. The van der Waals surface area contributed by atoms with Gasteiger partial charge < -0.3 is 9.47 Å². The second-order valence-electron chi connectivity index (χ2n) is 6.64. The van der Waals surface area contributed by atoms with E-state index in [2.05, 4.69) is 67.6 Å². The van der Waals surface area contributed by atoms with Crippen LogP contribution >= 0.6 is 11.3 Å². The first kappa shape index (κ1) is 19.6. The highest BCUT2D eigenvalue weighted by Crippen LogP contribution is 2.39. The highest BCUT2D eigenvalue weighted by atomic mass is 32.2. The van der Waals surface area contributed by atoms with Gasteiger partial charge in [0.1, 0.15) is 22.4 Å². The van der Waals surface area contributed by atoms with E-state index in [1.807, 2.05) is 35.6 Å². The molecule has 0 aliphatic carbocycles. The molecule has 0 unspecified atom stereocenters. The Morgan fingerprint density at radius 3 is 1.62 bits per heavy atom. The summed E-state index contributed by atoms with van der Waals surface area (Å²) in [4.78, 5) is 3.83. The highest BCUT2D eigenvalue weighted by Gasteiger charge is 2.31. The third-order valence-electron chi connectivity index (χ3n) is 4.71.